The van der Waals surface area contributed by atoms with Gasteiger partial charge in [-0.1, -0.05) is 38.9 Å². The Morgan fingerprint density at radius 3 is 2.81 bits per heavy atom. The maximum atomic E-state index is 12.6. The van der Waals surface area contributed by atoms with E-state index in [4.69, 9.17) is 18.0 Å². The Morgan fingerprint density at radius 1 is 1.48 bits per heavy atom. The van der Waals surface area contributed by atoms with Gasteiger partial charge >= 0.3 is 0 Å². The van der Waals surface area contributed by atoms with E-state index in [1.165, 1.54) is 12.3 Å². The Hall–Kier alpha value is -1.05. The number of nitrogens with two attached hydrogens (primary N) is 1. The van der Waals surface area contributed by atoms with Crippen molar-refractivity contribution in [1.29, 1.82) is 0 Å². The molecule has 1 saturated carbocycles. The van der Waals surface area contributed by atoms with Crippen molar-refractivity contribution in [3.63, 3.8) is 0 Å². The number of thiocarbonyl (C=S) groups is 1. The summed E-state index contributed by atoms with van der Waals surface area (Å²) in [5.41, 5.74) is 5.66. The summed E-state index contributed by atoms with van der Waals surface area (Å²) in [6.07, 6.45) is 5.50. The van der Waals surface area contributed by atoms with Crippen LogP contribution < -0.4 is 10.5 Å². The van der Waals surface area contributed by atoms with E-state index >= 15 is 0 Å². The Kier molecular flexibility index (Phi) is 4.65. The molecule has 3 N–H and O–H groups in total. The van der Waals surface area contributed by atoms with E-state index in [1.807, 2.05) is 0 Å². The molecule has 0 aliphatic heterocycles. The summed E-state index contributed by atoms with van der Waals surface area (Å²) >= 11 is 4.89. The Balaban J connectivity index is 2.33. The van der Waals surface area contributed by atoms with E-state index < -0.39 is 10.0 Å². The van der Waals surface area contributed by atoms with Crippen LogP contribution in [0, 0.1) is 5.41 Å². The van der Waals surface area contributed by atoms with E-state index in [1.54, 1.807) is 6.07 Å². The molecule has 1 aromatic rings. The van der Waals surface area contributed by atoms with E-state index in [2.05, 4.69) is 23.6 Å². The second-order valence-corrected chi connectivity index (χ2v) is 8.24. The minimum absolute atomic E-state index is 0.0149. The zero-order chi connectivity index (χ0) is 15.7. The maximum Gasteiger partial charge on any atom is 0.243 e. The average Bonchev–Trinajstić information content (AvgIpc) is 2.41. The standard InChI is InChI=1S/C14H21N3O2S2/c1-14(2)8-4-3-7-11(14)17-21(18,19)10-6-5-9-16-12(10)13(15)20/h5-6,9,11,17H,3-4,7-8H2,1-2H3,(H2,15,20). The van der Waals surface area contributed by atoms with Crippen molar-refractivity contribution in [2.75, 3.05) is 0 Å². The van der Waals surface area contributed by atoms with Gasteiger partial charge < -0.3 is 5.73 Å². The highest BCUT2D eigenvalue weighted by Gasteiger charge is 2.36. The molecule has 1 aromatic heterocycles. The summed E-state index contributed by atoms with van der Waals surface area (Å²) in [6.45, 7) is 4.19. The van der Waals surface area contributed by atoms with Crippen LogP contribution in [0.3, 0.4) is 0 Å². The van der Waals surface area contributed by atoms with Crippen molar-refractivity contribution in [1.82, 2.24) is 9.71 Å². The predicted octanol–water partition coefficient (Wildman–Crippen LogP) is 1.96. The van der Waals surface area contributed by atoms with Crippen molar-refractivity contribution in [2.24, 2.45) is 11.1 Å². The van der Waals surface area contributed by atoms with Gasteiger partial charge in [0.15, 0.2) is 0 Å². The molecule has 2 rings (SSSR count). The first-order chi connectivity index (χ1) is 9.74. The predicted molar refractivity (Wildman–Crippen MR) is 86.5 cm³/mol. The Bertz CT molecular complexity index is 641. The quantitative estimate of drug-likeness (QED) is 0.826. The number of nitrogens with zero attached hydrogens (tertiary/aromatic N) is 1. The fraction of sp³-hybridized carbons (Fsp3) is 0.571. The molecule has 0 spiro atoms. The zero-order valence-electron chi connectivity index (χ0n) is 12.3. The van der Waals surface area contributed by atoms with Crippen LogP contribution in [0.1, 0.15) is 45.2 Å². The molecule has 0 aromatic carbocycles. The van der Waals surface area contributed by atoms with Crippen molar-refractivity contribution in [2.45, 2.75) is 50.5 Å². The average molecular weight is 327 g/mol. The third kappa shape index (κ3) is 3.59. The summed E-state index contributed by atoms with van der Waals surface area (Å²) in [4.78, 5) is 4.03. The number of pyridine rings is 1. The highest BCUT2D eigenvalue weighted by molar-refractivity contribution is 7.89. The van der Waals surface area contributed by atoms with Gasteiger partial charge in [0.1, 0.15) is 15.6 Å². The number of hydrogen-bond acceptors (Lipinski definition) is 4. The summed E-state index contributed by atoms with van der Waals surface area (Å²) in [7, 11) is -3.69. The fourth-order valence-electron chi connectivity index (χ4n) is 2.76. The van der Waals surface area contributed by atoms with Crippen LogP contribution in [0.25, 0.3) is 0 Å². The molecule has 1 heterocycles. The molecule has 0 bridgehead atoms. The molecule has 1 aliphatic carbocycles. The Labute approximate surface area is 131 Å². The van der Waals surface area contributed by atoms with Crippen LogP contribution in [0.4, 0.5) is 0 Å². The lowest BCUT2D eigenvalue weighted by atomic mass is 9.74. The van der Waals surface area contributed by atoms with Crippen LogP contribution in [0.15, 0.2) is 23.2 Å². The van der Waals surface area contributed by atoms with Crippen LogP contribution in [-0.4, -0.2) is 24.4 Å². The molecule has 116 valence electrons. The number of sulfonamides is 1. The fourth-order valence-corrected chi connectivity index (χ4v) is 4.60. The van der Waals surface area contributed by atoms with Crippen molar-refractivity contribution < 1.29 is 8.42 Å². The Morgan fingerprint density at radius 2 is 2.19 bits per heavy atom. The molecule has 0 saturated heterocycles. The smallest absolute Gasteiger partial charge is 0.243 e. The second-order valence-electron chi connectivity index (χ2n) is 6.12. The van der Waals surface area contributed by atoms with Gasteiger partial charge in [-0.3, -0.25) is 4.98 Å². The summed E-state index contributed by atoms with van der Waals surface area (Å²) in [5, 5.41) is 0. The lowest BCUT2D eigenvalue weighted by Crippen LogP contribution is -2.47. The first-order valence-electron chi connectivity index (χ1n) is 7.01. The zero-order valence-corrected chi connectivity index (χ0v) is 13.9. The maximum absolute atomic E-state index is 12.6. The first kappa shape index (κ1) is 16.3. The highest BCUT2D eigenvalue weighted by atomic mass is 32.2. The monoisotopic (exact) mass is 327 g/mol. The number of rotatable bonds is 4. The molecular weight excluding hydrogens is 306 g/mol. The summed E-state index contributed by atoms with van der Waals surface area (Å²) in [6, 6.07) is 2.97. The molecule has 5 nitrogen and oxygen atoms in total. The minimum atomic E-state index is -3.69. The van der Waals surface area contributed by atoms with Crippen molar-refractivity contribution in [3.05, 3.63) is 24.0 Å². The number of hydrogen-bond donors (Lipinski definition) is 2. The van der Waals surface area contributed by atoms with Gasteiger partial charge in [0.2, 0.25) is 10.0 Å². The lowest BCUT2D eigenvalue weighted by molar-refractivity contribution is 0.188. The molecule has 0 radical (unpaired) electrons. The van der Waals surface area contributed by atoms with Crippen molar-refractivity contribution >= 4 is 27.2 Å². The highest BCUT2D eigenvalue weighted by Crippen LogP contribution is 2.36. The van der Waals surface area contributed by atoms with E-state index in [0.29, 0.717) is 0 Å². The van der Waals surface area contributed by atoms with Crippen LogP contribution >= 0.6 is 12.2 Å². The lowest BCUT2D eigenvalue weighted by Gasteiger charge is -2.38. The SMILES string of the molecule is CC1(C)CCCCC1NS(=O)(=O)c1cccnc1C(N)=S. The molecule has 1 aliphatic rings. The number of aromatic nitrogens is 1. The van der Waals surface area contributed by atoms with E-state index in [-0.39, 0.29) is 27.0 Å². The van der Waals surface area contributed by atoms with Crippen LogP contribution in [0.5, 0.6) is 0 Å². The first-order valence-corrected chi connectivity index (χ1v) is 8.90. The van der Waals surface area contributed by atoms with Gasteiger partial charge in [-0.25, -0.2) is 13.1 Å². The van der Waals surface area contributed by atoms with E-state index in [9.17, 15) is 8.42 Å². The van der Waals surface area contributed by atoms with Crippen LogP contribution in [0.2, 0.25) is 0 Å². The third-order valence-electron chi connectivity index (χ3n) is 4.10. The topological polar surface area (TPSA) is 85.1 Å². The van der Waals surface area contributed by atoms with Gasteiger partial charge in [-0.05, 0) is 30.4 Å². The van der Waals surface area contributed by atoms with Crippen LogP contribution in [-0.2, 0) is 10.0 Å². The molecule has 7 heteroatoms. The third-order valence-corrected chi connectivity index (χ3v) is 5.79. The largest absolute Gasteiger partial charge is 0.388 e. The van der Waals surface area contributed by atoms with Gasteiger partial charge in [-0.15, -0.1) is 0 Å². The van der Waals surface area contributed by atoms with Gasteiger partial charge in [0.25, 0.3) is 0 Å². The number of nitrogens with one attached hydrogen (secondary N) is 1. The normalized spacial score (nSPS) is 21.9. The molecular formula is C14H21N3O2S2. The second kappa shape index (κ2) is 5.98. The molecule has 21 heavy (non-hydrogen) atoms. The molecule has 1 unspecified atom stereocenters. The van der Waals surface area contributed by atoms with Gasteiger partial charge in [0, 0.05) is 12.2 Å². The molecule has 1 fully saturated rings. The minimum Gasteiger partial charge on any atom is -0.388 e. The molecule has 1 atom stereocenters. The van der Waals surface area contributed by atoms with Gasteiger partial charge in [-0.2, -0.15) is 0 Å². The molecule has 0 amide bonds. The van der Waals surface area contributed by atoms with Crippen molar-refractivity contribution in [3.8, 4) is 0 Å². The van der Waals surface area contributed by atoms with Gasteiger partial charge in [0.05, 0.1) is 0 Å². The van der Waals surface area contributed by atoms with E-state index in [0.717, 1.165) is 25.7 Å². The summed E-state index contributed by atoms with van der Waals surface area (Å²) in [5.74, 6) is 0. The summed E-state index contributed by atoms with van der Waals surface area (Å²) < 4.78 is 28.1.